The van der Waals surface area contributed by atoms with Crippen LogP contribution in [0.4, 0.5) is 0 Å². The highest BCUT2D eigenvalue weighted by molar-refractivity contribution is 6.32. The zero-order chi connectivity index (χ0) is 25.0. The Hall–Kier alpha value is -2.85. The number of carbonyl (C=O) groups is 2. The van der Waals surface area contributed by atoms with Crippen LogP contribution >= 0.6 is 11.6 Å². The number of ketones is 2. The van der Waals surface area contributed by atoms with Crippen molar-refractivity contribution < 1.29 is 14.3 Å². The van der Waals surface area contributed by atoms with Crippen molar-refractivity contribution in [1.82, 2.24) is 5.32 Å². The standard InChI is InChI=1S/C30H32ClNO3/c1-29(2)13-21-27(23(33)15-29)26(28-22(32-21)14-30(3,4)16-24(28)34)19-10-11-20(31)25(12-19)35-17-18-8-6-5-7-9-18/h5-12,26,32H,13-17H2,1-4H3. The first-order chi connectivity index (χ1) is 16.5. The van der Waals surface area contributed by atoms with Crippen LogP contribution in [0, 0.1) is 10.8 Å². The number of nitrogens with one attached hydrogen (secondary N) is 1. The Balaban J connectivity index is 1.59. The molecule has 4 nitrogen and oxygen atoms in total. The van der Waals surface area contributed by atoms with Crippen LogP contribution in [0.5, 0.6) is 5.75 Å². The van der Waals surface area contributed by atoms with E-state index in [9.17, 15) is 9.59 Å². The van der Waals surface area contributed by atoms with E-state index in [1.54, 1.807) is 0 Å². The molecule has 2 aliphatic carbocycles. The average Bonchev–Trinajstić information content (AvgIpc) is 2.76. The minimum Gasteiger partial charge on any atom is -0.487 e. The van der Waals surface area contributed by atoms with Gasteiger partial charge in [-0.1, -0.05) is 75.7 Å². The number of dihydropyridines is 1. The first-order valence-electron chi connectivity index (χ1n) is 12.3. The van der Waals surface area contributed by atoms with Crippen LogP contribution in [-0.4, -0.2) is 11.6 Å². The van der Waals surface area contributed by atoms with Gasteiger partial charge in [0.15, 0.2) is 11.6 Å². The normalized spacial score (nSPS) is 21.4. The Morgan fingerprint density at radius 1 is 0.857 bits per heavy atom. The molecule has 3 aliphatic rings. The molecule has 0 saturated heterocycles. The number of hydrogen-bond acceptors (Lipinski definition) is 4. The number of halogens is 1. The second kappa shape index (κ2) is 8.67. The first-order valence-corrected chi connectivity index (χ1v) is 12.7. The molecule has 1 heterocycles. The molecule has 5 rings (SSSR count). The molecule has 0 amide bonds. The molecular formula is C30H32ClNO3. The minimum atomic E-state index is -0.398. The first kappa shape index (κ1) is 23.9. The van der Waals surface area contributed by atoms with Gasteiger partial charge in [-0.2, -0.15) is 0 Å². The second-order valence-corrected chi connectivity index (χ2v) is 12.1. The summed E-state index contributed by atoms with van der Waals surface area (Å²) in [5.74, 6) is 0.382. The van der Waals surface area contributed by atoms with Gasteiger partial charge in [0.2, 0.25) is 0 Å². The number of ether oxygens (including phenoxy) is 1. The van der Waals surface area contributed by atoms with E-state index in [1.807, 2.05) is 48.5 Å². The Morgan fingerprint density at radius 2 is 1.43 bits per heavy atom. The lowest BCUT2D eigenvalue weighted by molar-refractivity contribution is -0.119. The summed E-state index contributed by atoms with van der Waals surface area (Å²) in [6, 6.07) is 15.6. The Bertz CT molecular complexity index is 1220. The fraction of sp³-hybridized carbons (Fsp3) is 0.400. The van der Waals surface area contributed by atoms with Crippen molar-refractivity contribution in [2.24, 2.45) is 10.8 Å². The number of Topliss-reactive ketones (excluding diaryl/α,β-unsaturated/α-hetero) is 2. The van der Waals surface area contributed by atoms with Crippen LogP contribution in [0.2, 0.25) is 5.02 Å². The lowest BCUT2D eigenvalue weighted by Gasteiger charge is -2.44. The quantitative estimate of drug-likeness (QED) is 0.508. The fourth-order valence-corrected chi connectivity index (χ4v) is 5.94. The summed E-state index contributed by atoms with van der Waals surface area (Å²) in [6.07, 6.45) is 2.50. The van der Waals surface area contributed by atoms with Crippen LogP contribution in [-0.2, 0) is 16.2 Å². The summed E-state index contributed by atoms with van der Waals surface area (Å²) in [7, 11) is 0. The van der Waals surface area contributed by atoms with Crippen LogP contribution in [0.1, 0.15) is 70.4 Å². The molecule has 0 bridgehead atoms. The van der Waals surface area contributed by atoms with Crippen molar-refractivity contribution in [3.8, 4) is 5.75 Å². The summed E-state index contributed by atoms with van der Waals surface area (Å²) in [6.45, 7) is 8.90. The molecule has 0 aromatic heterocycles. The largest absolute Gasteiger partial charge is 0.487 e. The highest BCUT2D eigenvalue weighted by Crippen LogP contribution is 2.51. The van der Waals surface area contributed by atoms with Crippen molar-refractivity contribution in [3.05, 3.63) is 87.2 Å². The fourth-order valence-electron chi connectivity index (χ4n) is 5.77. The van der Waals surface area contributed by atoms with Crippen LogP contribution in [0.3, 0.4) is 0 Å². The molecule has 35 heavy (non-hydrogen) atoms. The van der Waals surface area contributed by atoms with Crippen molar-refractivity contribution in [3.63, 3.8) is 0 Å². The van der Waals surface area contributed by atoms with Gasteiger partial charge in [-0.3, -0.25) is 9.59 Å². The van der Waals surface area contributed by atoms with E-state index in [4.69, 9.17) is 16.3 Å². The smallest absolute Gasteiger partial charge is 0.162 e. The van der Waals surface area contributed by atoms with Gasteiger partial charge in [0.25, 0.3) is 0 Å². The number of allylic oxidation sites excluding steroid dienone is 4. The highest BCUT2D eigenvalue weighted by Gasteiger charge is 2.46. The van der Waals surface area contributed by atoms with Crippen LogP contribution < -0.4 is 10.1 Å². The van der Waals surface area contributed by atoms with Gasteiger partial charge in [0, 0.05) is 41.3 Å². The summed E-state index contributed by atoms with van der Waals surface area (Å²) in [5.41, 5.74) is 5.05. The third-order valence-corrected chi connectivity index (χ3v) is 7.56. The third kappa shape index (κ3) is 4.69. The number of benzene rings is 2. The van der Waals surface area contributed by atoms with E-state index in [1.165, 1.54) is 0 Å². The van der Waals surface area contributed by atoms with Crippen LogP contribution in [0.15, 0.2) is 71.1 Å². The number of carbonyl (C=O) groups excluding carboxylic acids is 2. The van der Waals surface area contributed by atoms with Gasteiger partial charge in [-0.25, -0.2) is 0 Å². The molecule has 0 spiro atoms. The van der Waals surface area contributed by atoms with Crippen molar-refractivity contribution in [2.45, 2.75) is 65.9 Å². The molecule has 1 aliphatic heterocycles. The third-order valence-electron chi connectivity index (χ3n) is 7.24. The highest BCUT2D eigenvalue weighted by atomic mass is 35.5. The van der Waals surface area contributed by atoms with E-state index in [-0.39, 0.29) is 22.4 Å². The van der Waals surface area contributed by atoms with Gasteiger partial charge >= 0.3 is 0 Å². The van der Waals surface area contributed by atoms with Gasteiger partial charge in [-0.05, 0) is 46.9 Å². The van der Waals surface area contributed by atoms with E-state index < -0.39 is 5.92 Å². The van der Waals surface area contributed by atoms with Gasteiger partial charge in [0.05, 0.1) is 5.02 Å². The molecule has 5 heteroatoms. The maximum Gasteiger partial charge on any atom is 0.162 e. The maximum absolute atomic E-state index is 13.5. The topological polar surface area (TPSA) is 55.4 Å². The zero-order valence-corrected chi connectivity index (χ0v) is 21.6. The lowest BCUT2D eigenvalue weighted by atomic mass is 9.64. The molecule has 2 aromatic carbocycles. The predicted octanol–water partition coefficient (Wildman–Crippen LogP) is 6.89. The number of rotatable bonds is 4. The van der Waals surface area contributed by atoms with Crippen LogP contribution in [0.25, 0.3) is 0 Å². The Labute approximate surface area is 212 Å². The van der Waals surface area contributed by atoms with E-state index in [2.05, 4.69) is 33.0 Å². The van der Waals surface area contributed by atoms with Crippen molar-refractivity contribution >= 4 is 23.2 Å². The molecule has 0 fully saturated rings. The monoisotopic (exact) mass is 489 g/mol. The van der Waals surface area contributed by atoms with Crippen molar-refractivity contribution in [1.29, 1.82) is 0 Å². The van der Waals surface area contributed by atoms with E-state index >= 15 is 0 Å². The van der Waals surface area contributed by atoms with E-state index in [0.717, 1.165) is 46.5 Å². The van der Waals surface area contributed by atoms with Gasteiger partial charge in [0.1, 0.15) is 12.4 Å². The number of hydrogen-bond donors (Lipinski definition) is 1. The molecular weight excluding hydrogens is 458 g/mol. The molecule has 0 atom stereocenters. The minimum absolute atomic E-state index is 0.111. The lowest BCUT2D eigenvalue weighted by Crippen LogP contribution is -2.42. The summed E-state index contributed by atoms with van der Waals surface area (Å²) < 4.78 is 6.10. The Kier molecular flexibility index (Phi) is 5.91. The summed E-state index contributed by atoms with van der Waals surface area (Å²) in [4.78, 5) is 27.0. The summed E-state index contributed by atoms with van der Waals surface area (Å²) >= 11 is 6.51. The predicted molar refractivity (Wildman–Crippen MR) is 138 cm³/mol. The maximum atomic E-state index is 13.5. The molecule has 2 aromatic rings. The molecule has 1 N–H and O–H groups in total. The zero-order valence-electron chi connectivity index (χ0n) is 20.8. The van der Waals surface area contributed by atoms with Crippen molar-refractivity contribution in [2.75, 3.05) is 0 Å². The Morgan fingerprint density at radius 3 is 2.00 bits per heavy atom. The molecule has 0 unspecified atom stereocenters. The summed E-state index contributed by atoms with van der Waals surface area (Å²) in [5, 5.41) is 4.07. The van der Waals surface area contributed by atoms with Gasteiger partial charge in [-0.15, -0.1) is 0 Å². The molecule has 182 valence electrons. The average molecular weight is 490 g/mol. The van der Waals surface area contributed by atoms with Gasteiger partial charge < -0.3 is 10.1 Å². The van der Waals surface area contributed by atoms with E-state index in [0.29, 0.717) is 30.2 Å². The molecule has 0 radical (unpaired) electrons. The second-order valence-electron chi connectivity index (χ2n) is 11.7. The SMILES string of the molecule is CC1(C)CC(=O)C2=C(C1)NC1=C(C(=O)CC(C)(C)C1)C2c1ccc(Cl)c(OCc2ccccc2)c1. The molecule has 0 saturated carbocycles.